The lowest BCUT2D eigenvalue weighted by Crippen LogP contribution is -2.18. The molecule has 0 saturated carbocycles. The fourth-order valence-electron chi connectivity index (χ4n) is 1.41. The molecule has 5 nitrogen and oxygen atoms in total. The summed E-state index contributed by atoms with van der Waals surface area (Å²) in [5.74, 6) is 0.804. The standard InChI is InChI=1S/C11H19N3O2/c1-8-5-9(12)6-14-11(8)13-4-3-10(15)7-16-2/h5-6,10,15H,3-4,7,12H2,1-2H3,(H,13,14). The summed E-state index contributed by atoms with van der Waals surface area (Å²) in [6, 6.07) is 1.86. The first-order chi connectivity index (χ1) is 7.63. The van der Waals surface area contributed by atoms with Crippen LogP contribution in [0.25, 0.3) is 0 Å². The zero-order valence-electron chi connectivity index (χ0n) is 9.73. The molecule has 1 unspecified atom stereocenters. The minimum atomic E-state index is -0.438. The van der Waals surface area contributed by atoms with Crippen molar-refractivity contribution in [3.05, 3.63) is 17.8 Å². The molecule has 0 saturated heterocycles. The van der Waals surface area contributed by atoms with Gasteiger partial charge in [-0.1, -0.05) is 0 Å². The third kappa shape index (κ3) is 4.04. The molecule has 0 aliphatic heterocycles. The fraction of sp³-hybridized carbons (Fsp3) is 0.545. The van der Waals surface area contributed by atoms with E-state index in [2.05, 4.69) is 10.3 Å². The Morgan fingerprint density at radius 1 is 1.62 bits per heavy atom. The topological polar surface area (TPSA) is 80.4 Å². The number of aromatic nitrogens is 1. The Balaban J connectivity index is 2.37. The van der Waals surface area contributed by atoms with Gasteiger partial charge in [-0.25, -0.2) is 4.98 Å². The molecule has 1 heterocycles. The fourth-order valence-corrected chi connectivity index (χ4v) is 1.41. The van der Waals surface area contributed by atoms with Crippen LogP contribution in [0.3, 0.4) is 0 Å². The van der Waals surface area contributed by atoms with Crippen molar-refractivity contribution < 1.29 is 9.84 Å². The molecule has 0 aromatic carbocycles. The molecule has 1 aromatic heterocycles. The molecule has 0 radical (unpaired) electrons. The second-order valence-corrected chi connectivity index (χ2v) is 3.76. The maximum absolute atomic E-state index is 9.44. The van der Waals surface area contributed by atoms with E-state index in [-0.39, 0.29) is 0 Å². The second-order valence-electron chi connectivity index (χ2n) is 3.76. The third-order valence-electron chi connectivity index (χ3n) is 2.23. The molecule has 16 heavy (non-hydrogen) atoms. The van der Waals surface area contributed by atoms with Crippen LogP contribution in [0.4, 0.5) is 11.5 Å². The number of pyridine rings is 1. The molecule has 0 aliphatic carbocycles. The Morgan fingerprint density at radius 3 is 3.00 bits per heavy atom. The van der Waals surface area contributed by atoms with Gasteiger partial charge in [0.25, 0.3) is 0 Å². The molecule has 1 aromatic rings. The van der Waals surface area contributed by atoms with Crippen LogP contribution in [0.1, 0.15) is 12.0 Å². The van der Waals surface area contributed by atoms with Gasteiger partial charge >= 0.3 is 0 Å². The van der Waals surface area contributed by atoms with Crippen LogP contribution < -0.4 is 11.1 Å². The number of hydrogen-bond donors (Lipinski definition) is 3. The van der Waals surface area contributed by atoms with Gasteiger partial charge in [0, 0.05) is 13.7 Å². The number of nitrogens with one attached hydrogen (secondary N) is 1. The molecule has 1 atom stereocenters. The molecule has 0 fully saturated rings. The molecule has 1 rings (SSSR count). The van der Waals surface area contributed by atoms with Gasteiger partial charge in [0.1, 0.15) is 5.82 Å². The molecular weight excluding hydrogens is 206 g/mol. The predicted molar refractivity (Wildman–Crippen MR) is 64.4 cm³/mol. The van der Waals surface area contributed by atoms with E-state index in [1.54, 1.807) is 13.3 Å². The summed E-state index contributed by atoms with van der Waals surface area (Å²) in [6.45, 7) is 2.95. The first kappa shape index (κ1) is 12.7. The van der Waals surface area contributed by atoms with Crippen molar-refractivity contribution in [3.8, 4) is 0 Å². The highest BCUT2D eigenvalue weighted by Crippen LogP contribution is 2.13. The maximum Gasteiger partial charge on any atom is 0.128 e. The number of methoxy groups -OCH3 is 1. The summed E-state index contributed by atoms with van der Waals surface area (Å²) in [6.07, 6.45) is 1.80. The number of nitrogen functional groups attached to an aromatic ring is 1. The van der Waals surface area contributed by atoms with Crippen LogP contribution in [-0.2, 0) is 4.74 Å². The molecule has 5 heteroatoms. The highest BCUT2D eigenvalue weighted by molar-refractivity contribution is 5.50. The zero-order valence-corrected chi connectivity index (χ0v) is 9.73. The summed E-state index contributed by atoms with van der Waals surface area (Å²) < 4.78 is 4.84. The van der Waals surface area contributed by atoms with E-state index in [1.807, 2.05) is 13.0 Å². The number of anilines is 2. The minimum absolute atomic E-state index is 0.357. The van der Waals surface area contributed by atoms with E-state index in [0.717, 1.165) is 11.4 Å². The van der Waals surface area contributed by atoms with Gasteiger partial charge in [-0.2, -0.15) is 0 Å². The van der Waals surface area contributed by atoms with Gasteiger partial charge in [-0.3, -0.25) is 0 Å². The number of hydrogen-bond acceptors (Lipinski definition) is 5. The molecule has 0 amide bonds. The summed E-state index contributed by atoms with van der Waals surface area (Å²) in [7, 11) is 1.57. The smallest absolute Gasteiger partial charge is 0.128 e. The van der Waals surface area contributed by atoms with Crippen molar-refractivity contribution in [1.29, 1.82) is 0 Å². The number of aliphatic hydroxyl groups excluding tert-OH is 1. The summed E-state index contributed by atoms with van der Waals surface area (Å²) in [5.41, 5.74) is 7.25. The largest absolute Gasteiger partial charge is 0.397 e. The summed E-state index contributed by atoms with van der Waals surface area (Å²) in [5, 5.41) is 12.6. The molecule has 0 aliphatic rings. The average Bonchev–Trinajstić information content (AvgIpc) is 2.22. The number of aliphatic hydroxyl groups is 1. The highest BCUT2D eigenvalue weighted by Gasteiger charge is 2.04. The van der Waals surface area contributed by atoms with E-state index >= 15 is 0 Å². The van der Waals surface area contributed by atoms with Crippen LogP contribution in [0.2, 0.25) is 0 Å². The van der Waals surface area contributed by atoms with Crippen LogP contribution in [0.15, 0.2) is 12.3 Å². The normalized spacial score (nSPS) is 12.4. The van der Waals surface area contributed by atoms with Gasteiger partial charge in [0.2, 0.25) is 0 Å². The van der Waals surface area contributed by atoms with Crippen molar-refractivity contribution in [3.63, 3.8) is 0 Å². The number of nitrogens with zero attached hydrogens (tertiary/aromatic N) is 1. The molecule has 0 bridgehead atoms. The molecule has 90 valence electrons. The first-order valence-corrected chi connectivity index (χ1v) is 5.26. The van der Waals surface area contributed by atoms with Crippen molar-refractivity contribution in [2.45, 2.75) is 19.4 Å². The Bertz CT molecular complexity index is 331. The number of ether oxygens (including phenoxy) is 1. The Hall–Kier alpha value is -1.33. The monoisotopic (exact) mass is 225 g/mol. The van der Waals surface area contributed by atoms with Gasteiger partial charge in [-0.05, 0) is 25.0 Å². The molecule has 4 N–H and O–H groups in total. The van der Waals surface area contributed by atoms with Gasteiger partial charge in [0.05, 0.1) is 24.6 Å². The van der Waals surface area contributed by atoms with Crippen molar-refractivity contribution in [1.82, 2.24) is 4.98 Å². The van der Waals surface area contributed by atoms with Gasteiger partial charge < -0.3 is 20.9 Å². The van der Waals surface area contributed by atoms with E-state index in [9.17, 15) is 5.11 Å². The van der Waals surface area contributed by atoms with E-state index in [1.165, 1.54) is 0 Å². The lowest BCUT2D eigenvalue weighted by Gasteiger charge is -2.12. The van der Waals surface area contributed by atoms with E-state index in [0.29, 0.717) is 25.3 Å². The number of rotatable bonds is 6. The second kappa shape index (κ2) is 6.30. The minimum Gasteiger partial charge on any atom is -0.397 e. The Kier molecular flexibility index (Phi) is 5.01. The maximum atomic E-state index is 9.44. The number of aryl methyl sites for hydroxylation is 1. The molecular formula is C11H19N3O2. The first-order valence-electron chi connectivity index (χ1n) is 5.26. The summed E-state index contributed by atoms with van der Waals surface area (Å²) >= 11 is 0. The predicted octanol–water partition coefficient (Wildman–Crippen LogP) is 0.782. The van der Waals surface area contributed by atoms with Crippen LogP contribution in [0, 0.1) is 6.92 Å². The van der Waals surface area contributed by atoms with Crippen LogP contribution in [-0.4, -0.2) is 36.5 Å². The number of nitrogens with two attached hydrogens (primary N) is 1. The lowest BCUT2D eigenvalue weighted by molar-refractivity contribution is 0.0615. The van der Waals surface area contributed by atoms with Crippen LogP contribution >= 0.6 is 0 Å². The average molecular weight is 225 g/mol. The highest BCUT2D eigenvalue weighted by atomic mass is 16.5. The SMILES string of the molecule is COCC(O)CCNc1ncc(N)cc1C. The summed E-state index contributed by atoms with van der Waals surface area (Å²) in [4.78, 5) is 4.17. The van der Waals surface area contributed by atoms with E-state index in [4.69, 9.17) is 10.5 Å². The van der Waals surface area contributed by atoms with Crippen molar-refractivity contribution in [2.75, 3.05) is 31.3 Å². The van der Waals surface area contributed by atoms with Crippen molar-refractivity contribution >= 4 is 11.5 Å². The quantitative estimate of drug-likeness (QED) is 0.666. The van der Waals surface area contributed by atoms with Crippen LogP contribution in [0.5, 0.6) is 0 Å². The third-order valence-corrected chi connectivity index (χ3v) is 2.23. The molecule has 0 spiro atoms. The van der Waals surface area contributed by atoms with E-state index < -0.39 is 6.10 Å². The Labute approximate surface area is 95.6 Å². The van der Waals surface area contributed by atoms with Gasteiger partial charge in [-0.15, -0.1) is 0 Å². The van der Waals surface area contributed by atoms with Gasteiger partial charge in [0.15, 0.2) is 0 Å². The zero-order chi connectivity index (χ0) is 12.0. The lowest BCUT2D eigenvalue weighted by atomic mass is 10.2. The Morgan fingerprint density at radius 2 is 2.38 bits per heavy atom. The van der Waals surface area contributed by atoms with Crippen molar-refractivity contribution in [2.24, 2.45) is 0 Å².